The molecule has 1 aromatic rings. The van der Waals surface area contributed by atoms with Gasteiger partial charge in [0, 0.05) is 24.6 Å². The Kier molecular flexibility index (Phi) is 6.59. The second-order valence-electron chi connectivity index (χ2n) is 5.53. The third kappa shape index (κ3) is 5.41. The van der Waals surface area contributed by atoms with Crippen molar-refractivity contribution in [3.05, 3.63) is 29.8 Å². The van der Waals surface area contributed by atoms with Gasteiger partial charge in [-0.25, -0.2) is 0 Å². The fourth-order valence-electron chi connectivity index (χ4n) is 2.65. The Morgan fingerprint density at radius 2 is 2.29 bits per heavy atom. The zero-order chi connectivity index (χ0) is 14.9. The highest BCUT2D eigenvalue weighted by atomic mass is 16.5. The lowest BCUT2D eigenvalue weighted by Crippen LogP contribution is -2.39. The second-order valence-corrected chi connectivity index (χ2v) is 5.53. The van der Waals surface area contributed by atoms with Crippen LogP contribution >= 0.6 is 0 Å². The number of aliphatic hydroxyl groups is 1. The fraction of sp³-hybridized carbons (Fsp3) is 0.556. The smallest absolute Gasteiger partial charge is 0.120 e. The number of rotatable bonds is 5. The fourth-order valence-corrected chi connectivity index (χ4v) is 2.65. The highest BCUT2D eigenvalue weighted by Gasteiger charge is 2.17. The second kappa shape index (κ2) is 8.71. The summed E-state index contributed by atoms with van der Waals surface area (Å²) in [6, 6.07) is 8.53. The topological polar surface area (TPSA) is 32.7 Å². The minimum atomic E-state index is 0.108. The Bertz CT molecular complexity index is 489. The molecule has 114 valence electrons. The molecule has 1 saturated heterocycles. The number of aliphatic hydroxyl groups excluding tert-OH is 1. The first-order chi connectivity index (χ1) is 10.3. The van der Waals surface area contributed by atoms with Gasteiger partial charge in [0.15, 0.2) is 0 Å². The molecule has 0 radical (unpaired) electrons. The Hall–Kier alpha value is -1.50. The molecule has 0 saturated carbocycles. The van der Waals surface area contributed by atoms with Gasteiger partial charge in [0.05, 0.1) is 6.61 Å². The van der Waals surface area contributed by atoms with Crippen LogP contribution in [0.15, 0.2) is 24.3 Å². The van der Waals surface area contributed by atoms with Gasteiger partial charge in [-0.05, 0) is 44.5 Å². The van der Waals surface area contributed by atoms with Crippen molar-refractivity contribution < 1.29 is 9.84 Å². The molecule has 0 amide bonds. The number of likely N-dealkylation sites (tertiary alicyclic amines) is 1. The summed E-state index contributed by atoms with van der Waals surface area (Å²) in [5, 5.41) is 8.73. The summed E-state index contributed by atoms with van der Waals surface area (Å²) in [6.07, 6.45) is 4.47. The standard InChI is InChI=1S/C18H25NO2/c1-16-7-2-4-11-19(16)12-14-21-18-10-6-9-17(15-18)8-3-5-13-20/h6,9-10,15-16,20H,2,4-5,7,11-14H2,1H3. The first-order valence-corrected chi connectivity index (χ1v) is 7.86. The van der Waals surface area contributed by atoms with E-state index in [4.69, 9.17) is 9.84 Å². The van der Waals surface area contributed by atoms with E-state index in [1.54, 1.807) is 0 Å². The third-order valence-electron chi connectivity index (χ3n) is 3.89. The molecule has 0 bridgehead atoms. The summed E-state index contributed by atoms with van der Waals surface area (Å²) in [5.41, 5.74) is 0.937. The van der Waals surface area contributed by atoms with Crippen molar-refractivity contribution in [1.29, 1.82) is 0 Å². The van der Waals surface area contributed by atoms with E-state index in [0.29, 0.717) is 12.5 Å². The van der Waals surface area contributed by atoms with Crippen LogP contribution in [0.2, 0.25) is 0 Å². The molecular weight excluding hydrogens is 262 g/mol. The van der Waals surface area contributed by atoms with Crippen LogP contribution in [0.5, 0.6) is 5.75 Å². The van der Waals surface area contributed by atoms with Crippen LogP contribution < -0.4 is 4.74 Å². The van der Waals surface area contributed by atoms with Crippen LogP contribution in [0.25, 0.3) is 0 Å². The summed E-state index contributed by atoms with van der Waals surface area (Å²) < 4.78 is 5.85. The van der Waals surface area contributed by atoms with E-state index in [-0.39, 0.29) is 6.61 Å². The van der Waals surface area contributed by atoms with E-state index in [1.165, 1.54) is 25.8 Å². The molecule has 21 heavy (non-hydrogen) atoms. The number of hydrogen-bond acceptors (Lipinski definition) is 3. The predicted molar refractivity (Wildman–Crippen MR) is 85.4 cm³/mol. The normalized spacial score (nSPS) is 18.9. The SMILES string of the molecule is CC1CCCCN1CCOc1cccc(C#CCCO)c1. The first kappa shape index (κ1) is 15.9. The van der Waals surface area contributed by atoms with Gasteiger partial charge in [-0.1, -0.05) is 24.3 Å². The number of piperidine rings is 1. The number of hydrogen-bond donors (Lipinski definition) is 1. The number of benzene rings is 1. The molecular formula is C18H25NO2. The molecule has 0 spiro atoms. The van der Waals surface area contributed by atoms with Gasteiger partial charge in [0.2, 0.25) is 0 Å². The zero-order valence-corrected chi connectivity index (χ0v) is 12.8. The van der Waals surface area contributed by atoms with Gasteiger partial charge in [0.25, 0.3) is 0 Å². The van der Waals surface area contributed by atoms with Gasteiger partial charge >= 0.3 is 0 Å². The first-order valence-electron chi connectivity index (χ1n) is 7.86. The van der Waals surface area contributed by atoms with Gasteiger partial charge < -0.3 is 9.84 Å². The molecule has 1 unspecified atom stereocenters. The lowest BCUT2D eigenvalue weighted by Gasteiger charge is -2.33. The number of ether oxygens (including phenoxy) is 1. The van der Waals surface area contributed by atoms with Crippen molar-refractivity contribution in [3.8, 4) is 17.6 Å². The van der Waals surface area contributed by atoms with Crippen LogP contribution in [0.1, 0.15) is 38.2 Å². The van der Waals surface area contributed by atoms with Crippen molar-refractivity contribution >= 4 is 0 Å². The van der Waals surface area contributed by atoms with Crippen LogP contribution in [0.4, 0.5) is 0 Å². The Morgan fingerprint density at radius 3 is 3.10 bits per heavy atom. The Balaban J connectivity index is 1.80. The van der Waals surface area contributed by atoms with Gasteiger partial charge in [-0.15, -0.1) is 0 Å². The van der Waals surface area contributed by atoms with Crippen LogP contribution in [-0.4, -0.2) is 42.4 Å². The van der Waals surface area contributed by atoms with Gasteiger partial charge in [-0.3, -0.25) is 4.90 Å². The van der Waals surface area contributed by atoms with E-state index in [1.807, 2.05) is 24.3 Å². The average molecular weight is 287 g/mol. The lowest BCUT2D eigenvalue weighted by molar-refractivity contribution is 0.133. The molecule has 0 aliphatic carbocycles. The van der Waals surface area contributed by atoms with Gasteiger partial charge in [-0.2, -0.15) is 0 Å². The maximum absolute atomic E-state index is 8.73. The molecule has 1 aromatic carbocycles. The molecule has 3 heteroatoms. The Labute approximate surface area is 127 Å². The van der Waals surface area contributed by atoms with Crippen molar-refractivity contribution in [2.24, 2.45) is 0 Å². The quantitative estimate of drug-likeness (QED) is 0.845. The van der Waals surface area contributed by atoms with E-state index in [0.717, 1.165) is 24.5 Å². The molecule has 1 heterocycles. The van der Waals surface area contributed by atoms with Crippen molar-refractivity contribution in [2.45, 2.75) is 38.6 Å². The molecule has 1 atom stereocenters. The minimum Gasteiger partial charge on any atom is -0.492 e. The third-order valence-corrected chi connectivity index (χ3v) is 3.89. The minimum absolute atomic E-state index is 0.108. The molecule has 3 nitrogen and oxygen atoms in total. The largest absolute Gasteiger partial charge is 0.492 e. The monoisotopic (exact) mass is 287 g/mol. The summed E-state index contributed by atoms with van der Waals surface area (Å²) in [6.45, 7) is 5.31. The summed E-state index contributed by atoms with van der Waals surface area (Å²) >= 11 is 0. The molecule has 0 aromatic heterocycles. The highest BCUT2D eigenvalue weighted by Crippen LogP contribution is 2.17. The highest BCUT2D eigenvalue weighted by molar-refractivity contribution is 5.39. The summed E-state index contributed by atoms with van der Waals surface area (Å²) in [4.78, 5) is 2.51. The molecule has 1 fully saturated rings. The van der Waals surface area contributed by atoms with Crippen LogP contribution in [0.3, 0.4) is 0 Å². The molecule has 1 aliphatic heterocycles. The molecule has 1 N–H and O–H groups in total. The van der Waals surface area contributed by atoms with Crippen molar-refractivity contribution in [2.75, 3.05) is 26.3 Å². The zero-order valence-electron chi connectivity index (χ0n) is 12.8. The van der Waals surface area contributed by atoms with Crippen molar-refractivity contribution in [3.63, 3.8) is 0 Å². The average Bonchev–Trinajstić information content (AvgIpc) is 2.50. The maximum atomic E-state index is 8.73. The predicted octanol–water partition coefficient (Wildman–Crippen LogP) is 2.67. The van der Waals surface area contributed by atoms with E-state index >= 15 is 0 Å². The van der Waals surface area contributed by atoms with Crippen LogP contribution in [-0.2, 0) is 0 Å². The Morgan fingerprint density at radius 1 is 1.38 bits per heavy atom. The summed E-state index contributed by atoms with van der Waals surface area (Å²) in [5.74, 6) is 6.83. The van der Waals surface area contributed by atoms with Crippen LogP contribution in [0, 0.1) is 11.8 Å². The van der Waals surface area contributed by atoms with Crippen molar-refractivity contribution in [1.82, 2.24) is 4.90 Å². The van der Waals surface area contributed by atoms with Gasteiger partial charge in [0.1, 0.15) is 12.4 Å². The lowest BCUT2D eigenvalue weighted by atomic mass is 10.0. The summed E-state index contributed by atoms with van der Waals surface area (Å²) in [7, 11) is 0. The van der Waals surface area contributed by atoms with E-state index in [2.05, 4.69) is 23.7 Å². The van der Waals surface area contributed by atoms with E-state index < -0.39 is 0 Å². The number of nitrogens with zero attached hydrogens (tertiary/aromatic N) is 1. The van der Waals surface area contributed by atoms with E-state index in [9.17, 15) is 0 Å². The molecule has 2 rings (SSSR count). The molecule has 1 aliphatic rings. The maximum Gasteiger partial charge on any atom is 0.120 e.